The zero-order valence-corrected chi connectivity index (χ0v) is 10.7. The first kappa shape index (κ1) is 14.0. The quantitative estimate of drug-likeness (QED) is 0.880. The number of benzene rings is 2. The Balaban J connectivity index is 1.90. The fourth-order valence-corrected chi connectivity index (χ4v) is 1.65. The molecule has 0 spiro atoms. The molecule has 0 saturated heterocycles. The number of anilines is 1. The minimum atomic E-state index is -0.365. The van der Waals surface area contributed by atoms with E-state index in [9.17, 15) is 9.18 Å². The van der Waals surface area contributed by atoms with Crippen molar-refractivity contribution in [2.45, 2.75) is 6.61 Å². The van der Waals surface area contributed by atoms with Crippen LogP contribution in [0.4, 0.5) is 10.1 Å². The molecule has 0 aromatic heterocycles. The highest BCUT2D eigenvalue weighted by Crippen LogP contribution is 2.17. The normalized spacial score (nSPS) is 10.1. The maximum Gasteiger partial charge on any atom is 0.262 e. The van der Waals surface area contributed by atoms with Crippen molar-refractivity contribution in [2.24, 2.45) is 0 Å². The van der Waals surface area contributed by atoms with Gasteiger partial charge in [-0.3, -0.25) is 4.79 Å². The molecule has 2 aromatic carbocycles. The van der Waals surface area contributed by atoms with Crippen LogP contribution >= 0.6 is 0 Å². The number of nitrogens with one attached hydrogen (secondary N) is 1. The second kappa shape index (κ2) is 6.68. The SMILES string of the molecule is O=C(COc1ccccc1CO)Nc1ccc(F)cc1. The maximum absolute atomic E-state index is 12.7. The van der Waals surface area contributed by atoms with Gasteiger partial charge in [-0.05, 0) is 30.3 Å². The average molecular weight is 275 g/mol. The van der Waals surface area contributed by atoms with E-state index >= 15 is 0 Å². The van der Waals surface area contributed by atoms with Gasteiger partial charge in [0.25, 0.3) is 5.91 Å². The Kier molecular flexibility index (Phi) is 4.68. The van der Waals surface area contributed by atoms with Crippen LogP contribution in [-0.4, -0.2) is 17.6 Å². The van der Waals surface area contributed by atoms with E-state index in [0.29, 0.717) is 17.0 Å². The molecule has 0 aliphatic heterocycles. The van der Waals surface area contributed by atoms with Crippen molar-refractivity contribution >= 4 is 11.6 Å². The van der Waals surface area contributed by atoms with E-state index < -0.39 is 0 Å². The van der Waals surface area contributed by atoms with E-state index in [0.717, 1.165) is 0 Å². The number of aliphatic hydroxyl groups is 1. The number of carbonyl (C=O) groups excluding carboxylic acids is 1. The number of carbonyl (C=O) groups is 1. The van der Waals surface area contributed by atoms with Crippen molar-refractivity contribution in [1.29, 1.82) is 0 Å². The lowest BCUT2D eigenvalue weighted by molar-refractivity contribution is -0.118. The van der Waals surface area contributed by atoms with Gasteiger partial charge >= 0.3 is 0 Å². The molecule has 0 fully saturated rings. The van der Waals surface area contributed by atoms with Gasteiger partial charge < -0.3 is 15.2 Å². The standard InChI is InChI=1S/C15H14FNO3/c16-12-5-7-13(8-6-12)17-15(19)10-20-14-4-2-1-3-11(14)9-18/h1-8,18H,9-10H2,(H,17,19). The zero-order valence-electron chi connectivity index (χ0n) is 10.7. The smallest absolute Gasteiger partial charge is 0.262 e. The number of ether oxygens (including phenoxy) is 1. The van der Waals surface area contributed by atoms with Gasteiger partial charge in [-0.2, -0.15) is 0 Å². The van der Waals surface area contributed by atoms with Crippen molar-refractivity contribution in [2.75, 3.05) is 11.9 Å². The average Bonchev–Trinajstić information content (AvgIpc) is 2.48. The Hall–Kier alpha value is -2.40. The third-order valence-electron chi connectivity index (χ3n) is 2.63. The highest BCUT2D eigenvalue weighted by atomic mass is 19.1. The van der Waals surface area contributed by atoms with Crippen molar-refractivity contribution in [1.82, 2.24) is 0 Å². The summed E-state index contributed by atoms with van der Waals surface area (Å²) in [5.41, 5.74) is 1.11. The first-order chi connectivity index (χ1) is 9.69. The number of hydrogen-bond acceptors (Lipinski definition) is 3. The Morgan fingerprint density at radius 1 is 1.15 bits per heavy atom. The molecule has 0 aliphatic carbocycles. The molecule has 20 heavy (non-hydrogen) atoms. The van der Waals surface area contributed by atoms with Crippen LogP contribution in [0.15, 0.2) is 48.5 Å². The van der Waals surface area contributed by atoms with E-state index in [4.69, 9.17) is 9.84 Å². The second-order valence-electron chi connectivity index (χ2n) is 4.11. The fourth-order valence-electron chi connectivity index (χ4n) is 1.65. The monoisotopic (exact) mass is 275 g/mol. The molecule has 0 saturated carbocycles. The maximum atomic E-state index is 12.7. The van der Waals surface area contributed by atoms with Crippen LogP contribution in [0.2, 0.25) is 0 Å². The molecule has 0 bridgehead atoms. The molecule has 0 aliphatic rings. The summed E-state index contributed by atoms with van der Waals surface area (Å²) in [6, 6.07) is 12.4. The number of para-hydroxylation sites is 1. The summed E-state index contributed by atoms with van der Waals surface area (Å²) in [7, 11) is 0. The molecule has 2 N–H and O–H groups in total. The van der Waals surface area contributed by atoms with Crippen LogP contribution in [0.25, 0.3) is 0 Å². The molecule has 1 amide bonds. The summed E-state index contributed by atoms with van der Waals surface area (Å²) in [4.78, 5) is 11.7. The molecular formula is C15H14FNO3. The van der Waals surface area contributed by atoms with Gasteiger partial charge in [0.1, 0.15) is 11.6 Å². The molecule has 5 heteroatoms. The minimum absolute atomic E-state index is 0.157. The van der Waals surface area contributed by atoms with Crippen LogP contribution < -0.4 is 10.1 Å². The Morgan fingerprint density at radius 2 is 1.85 bits per heavy atom. The lowest BCUT2D eigenvalue weighted by Crippen LogP contribution is -2.20. The first-order valence-corrected chi connectivity index (χ1v) is 6.06. The van der Waals surface area contributed by atoms with Gasteiger partial charge in [0.2, 0.25) is 0 Å². The zero-order chi connectivity index (χ0) is 14.4. The van der Waals surface area contributed by atoms with Crippen LogP contribution in [0.3, 0.4) is 0 Å². The second-order valence-corrected chi connectivity index (χ2v) is 4.11. The van der Waals surface area contributed by atoms with E-state index in [2.05, 4.69) is 5.32 Å². The van der Waals surface area contributed by atoms with Gasteiger partial charge in [0, 0.05) is 11.3 Å². The fraction of sp³-hybridized carbons (Fsp3) is 0.133. The molecule has 2 aromatic rings. The number of amides is 1. The Bertz CT molecular complexity index is 584. The molecule has 0 atom stereocenters. The van der Waals surface area contributed by atoms with Gasteiger partial charge in [0.05, 0.1) is 6.61 Å². The van der Waals surface area contributed by atoms with Gasteiger partial charge in [-0.15, -0.1) is 0 Å². The molecule has 0 unspecified atom stereocenters. The molecule has 0 radical (unpaired) electrons. The molecule has 4 nitrogen and oxygen atoms in total. The van der Waals surface area contributed by atoms with E-state index in [-0.39, 0.29) is 24.9 Å². The van der Waals surface area contributed by atoms with Crippen molar-refractivity contribution < 1.29 is 19.0 Å². The highest BCUT2D eigenvalue weighted by molar-refractivity contribution is 5.91. The summed E-state index contributed by atoms with van der Waals surface area (Å²) >= 11 is 0. The van der Waals surface area contributed by atoms with E-state index in [1.807, 2.05) is 0 Å². The summed E-state index contributed by atoms with van der Waals surface area (Å²) in [6.07, 6.45) is 0. The molecule has 0 heterocycles. The predicted octanol–water partition coefficient (Wildman–Crippen LogP) is 2.34. The van der Waals surface area contributed by atoms with Gasteiger partial charge in [-0.25, -0.2) is 4.39 Å². The van der Waals surface area contributed by atoms with E-state index in [1.54, 1.807) is 24.3 Å². The Morgan fingerprint density at radius 3 is 2.55 bits per heavy atom. The summed E-state index contributed by atoms with van der Waals surface area (Å²) in [5, 5.41) is 11.7. The van der Waals surface area contributed by atoms with Crippen LogP contribution in [-0.2, 0) is 11.4 Å². The number of hydrogen-bond donors (Lipinski definition) is 2. The van der Waals surface area contributed by atoms with Crippen molar-refractivity contribution in [3.63, 3.8) is 0 Å². The van der Waals surface area contributed by atoms with Crippen LogP contribution in [0, 0.1) is 5.82 Å². The third kappa shape index (κ3) is 3.80. The summed E-state index contributed by atoms with van der Waals surface area (Å²) in [5.74, 6) is -0.260. The highest BCUT2D eigenvalue weighted by Gasteiger charge is 2.06. The minimum Gasteiger partial charge on any atom is -0.483 e. The first-order valence-electron chi connectivity index (χ1n) is 6.06. The van der Waals surface area contributed by atoms with Gasteiger partial charge in [0.15, 0.2) is 6.61 Å². The number of aliphatic hydroxyl groups excluding tert-OH is 1. The number of rotatable bonds is 5. The third-order valence-corrected chi connectivity index (χ3v) is 2.63. The summed E-state index contributed by atoms with van der Waals surface area (Å²) < 4.78 is 18.1. The molecule has 2 rings (SSSR count). The van der Waals surface area contributed by atoms with Crippen molar-refractivity contribution in [3.8, 4) is 5.75 Å². The topological polar surface area (TPSA) is 58.6 Å². The molecular weight excluding hydrogens is 261 g/mol. The summed E-state index contributed by atoms with van der Waals surface area (Å²) in [6.45, 7) is -0.343. The lowest BCUT2D eigenvalue weighted by Gasteiger charge is -2.10. The molecule has 104 valence electrons. The lowest BCUT2D eigenvalue weighted by atomic mass is 10.2. The van der Waals surface area contributed by atoms with Crippen LogP contribution in [0.5, 0.6) is 5.75 Å². The van der Waals surface area contributed by atoms with Crippen molar-refractivity contribution in [3.05, 3.63) is 59.9 Å². The predicted molar refractivity (Wildman–Crippen MR) is 72.9 cm³/mol. The van der Waals surface area contributed by atoms with Crippen LogP contribution in [0.1, 0.15) is 5.56 Å². The van der Waals surface area contributed by atoms with Gasteiger partial charge in [-0.1, -0.05) is 18.2 Å². The number of halogens is 1. The largest absolute Gasteiger partial charge is 0.483 e. The Labute approximate surface area is 115 Å². The van der Waals surface area contributed by atoms with E-state index in [1.165, 1.54) is 24.3 Å².